The highest BCUT2D eigenvalue weighted by Gasteiger charge is 2.26. The molecule has 0 aliphatic carbocycles. The van der Waals surface area contributed by atoms with Gasteiger partial charge in [-0.2, -0.15) is 0 Å². The molecule has 1 heterocycles. The van der Waals surface area contributed by atoms with E-state index < -0.39 is 5.97 Å². The molecule has 26 heavy (non-hydrogen) atoms. The van der Waals surface area contributed by atoms with Crippen molar-refractivity contribution in [3.63, 3.8) is 0 Å². The zero-order valence-corrected chi connectivity index (χ0v) is 14.6. The summed E-state index contributed by atoms with van der Waals surface area (Å²) in [5, 5.41) is 12.0. The lowest BCUT2D eigenvalue weighted by molar-refractivity contribution is 0.0696. The Bertz CT molecular complexity index is 819. The van der Waals surface area contributed by atoms with Gasteiger partial charge in [0.2, 0.25) is 0 Å². The van der Waals surface area contributed by atoms with Crippen molar-refractivity contribution in [3.05, 3.63) is 53.6 Å². The number of nitrogens with one attached hydrogen (secondary N) is 1. The second-order valence-electron chi connectivity index (χ2n) is 6.07. The van der Waals surface area contributed by atoms with Crippen molar-refractivity contribution in [2.45, 2.75) is 19.5 Å². The molecule has 0 saturated heterocycles. The van der Waals surface area contributed by atoms with E-state index in [4.69, 9.17) is 14.6 Å². The SMILES string of the molecule is COc1ccc(NC(=O)N2Cc3ccc(C(=O)O)cc3OCC2C)cc1. The van der Waals surface area contributed by atoms with Gasteiger partial charge in [0.1, 0.15) is 18.1 Å². The van der Waals surface area contributed by atoms with Crippen molar-refractivity contribution >= 4 is 17.7 Å². The van der Waals surface area contributed by atoms with Gasteiger partial charge in [0, 0.05) is 11.3 Å². The highest BCUT2D eigenvalue weighted by atomic mass is 16.5. The maximum Gasteiger partial charge on any atom is 0.335 e. The molecule has 1 atom stereocenters. The summed E-state index contributed by atoms with van der Waals surface area (Å²) in [7, 11) is 1.58. The zero-order valence-electron chi connectivity index (χ0n) is 14.6. The van der Waals surface area contributed by atoms with Crippen molar-refractivity contribution < 1.29 is 24.2 Å². The first-order valence-corrected chi connectivity index (χ1v) is 8.18. The van der Waals surface area contributed by atoms with Crippen LogP contribution in [0.4, 0.5) is 10.5 Å². The van der Waals surface area contributed by atoms with E-state index in [0.29, 0.717) is 23.7 Å². The van der Waals surface area contributed by atoms with Gasteiger partial charge >= 0.3 is 12.0 Å². The zero-order chi connectivity index (χ0) is 18.7. The Morgan fingerprint density at radius 3 is 2.62 bits per heavy atom. The number of benzene rings is 2. The number of nitrogens with zero attached hydrogens (tertiary/aromatic N) is 1. The van der Waals surface area contributed by atoms with Crippen LogP contribution < -0.4 is 14.8 Å². The number of carbonyl (C=O) groups is 2. The fourth-order valence-electron chi connectivity index (χ4n) is 2.73. The van der Waals surface area contributed by atoms with Crippen molar-refractivity contribution in [3.8, 4) is 11.5 Å². The minimum atomic E-state index is -1.01. The third-order valence-electron chi connectivity index (χ3n) is 4.27. The third kappa shape index (κ3) is 3.72. The molecular weight excluding hydrogens is 336 g/mol. The van der Waals surface area contributed by atoms with Crippen LogP contribution in [0.3, 0.4) is 0 Å². The van der Waals surface area contributed by atoms with E-state index in [1.807, 2.05) is 6.92 Å². The van der Waals surface area contributed by atoms with Crippen LogP contribution in [0.1, 0.15) is 22.8 Å². The van der Waals surface area contributed by atoms with Crippen LogP contribution in [0.2, 0.25) is 0 Å². The third-order valence-corrected chi connectivity index (χ3v) is 4.27. The number of fused-ring (bicyclic) bond motifs is 1. The summed E-state index contributed by atoms with van der Waals surface area (Å²) < 4.78 is 10.8. The number of urea groups is 1. The molecule has 2 aromatic carbocycles. The number of hydrogen-bond acceptors (Lipinski definition) is 4. The van der Waals surface area contributed by atoms with Crippen LogP contribution in [0.25, 0.3) is 0 Å². The maximum atomic E-state index is 12.7. The quantitative estimate of drug-likeness (QED) is 0.882. The molecule has 0 spiro atoms. The molecule has 1 aliphatic heterocycles. The molecule has 7 heteroatoms. The molecule has 1 unspecified atom stereocenters. The van der Waals surface area contributed by atoms with Gasteiger partial charge in [-0.1, -0.05) is 6.07 Å². The highest BCUT2D eigenvalue weighted by molar-refractivity contribution is 5.90. The number of aromatic carboxylic acids is 1. The first-order valence-electron chi connectivity index (χ1n) is 8.18. The van der Waals surface area contributed by atoms with Crippen molar-refractivity contribution in [1.29, 1.82) is 0 Å². The van der Waals surface area contributed by atoms with Gasteiger partial charge in [-0.15, -0.1) is 0 Å². The van der Waals surface area contributed by atoms with Crippen LogP contribution in [0.5, 0.6) is 11.5 Å². The Kier molecular flexibility index (Phi) is 4.97. The fraction of sp³-hybridized carbons (Fsp3) is 0.263. The molecular formula is C19H20N2O5. The lowest BCUT2D eigenvalue weighted by Crippen LogP contribution is -2.42. The smallest absolute Gasteiger partial charge is 0.335 e. The van der Waals surface area contributed by atoms with Gasteiger partial charge < -0.3 is 24.8 Å². The number of methoxy groups -OCH3 is 1. The Morgan fingerprint density at radius 1 is 1.23 bits per heavy atom. The monoisotopic (exact) mass is 356 g/mol. The Hall–Kier alpha value is -3.22. The first-order chi connectivity index (χ1) is 12.5. The van der Waals surface area contributed by atoms with Gasteiger partial charge in [0.05, 0.1) is 25.3 Å². The van der Waals surface area contributed by atoms with E-state index in [-0.39, 0.29) is 24.2 Å². The van der Waals surface area contributed by atoms with Crippen molar-refractivity contribution in [2.24, 2.45) is 0 Å². The first kappa shape index (κ1) is 17.6. The average Bonchev–Trinajstić information content (AvgIpc) is 2.81. The lowest BCUT2D eigenvalue weighted by Gasteiger charge is -2.26. The molecule has 0 radical (unpaired) electrons. The minimum absolute atomic E-state index is 0.160. The molecule has 1 aliphatic rings. The molecule has 3 rings (SSSR count). The number of ether oxygens (including phenoxy) is 2. The van der Waals surface area contributed by atoms with Gasteiger partial charge in [-0.3, -0.25) is 0 Å². The molecule has 0 fully saturated rings. The molecule has 0 aromatic heterocycles. The molecule has 2 amide bonds. The number of carboxylic acid groups (broad SMARTS) is 1. The standard InChI is InChI=1S/C19H20N2O5/c1-12-11-26-17-9-13(18(22)23)3-4-14(17)10-21(12)19(24)20-15-5-7-16(25-2)8-6-15/h3-9,12H,10-11H2,1-2H3,(H,20,24)(H,22,23). The predicted octanol–water partition coefficient (Wildman–Crippen LogP) is 3.21. The number of anilines is 1. The lowest BCUT2D eigenvalue weighted by atomic mass is 10.1. The summed E-state index contributed by atoms with van der Waals surface area (Å²) in [6.07, 6.45) is 0. The van der Waals surface area contributed by atoms with Crippen molar-refractivity contribution in [1.82, 2.24) is 4.90 Å². The second kappa shape index (κ2) is 7.35. The minimum Gasteiger partial charge on any atom is -0.497 e. The second-order valence-corrected chi connectivity index (χ2v) is 6.07. The number of rotatable bonds is 3. The number of amides is 2. The Morgan fingerprint density at radius 2 is 1.96 bits per heavy atom. The van der Waals surface area contributed by atoms with E-state index in [0.717, 1.165) is 5.56 Å². The fourth-order valence-corrected chi connectivity index (χ4v) is 2.73. The summed E-state index contributed by atoms with van der Waals surface area (Å²) in [5.41, 5.74) is 1.59. The summed E-state index contributed by atoms with van der Waals surface area (Å²) in [6.45, 7) is 2.50. The Balaban J connectivity index is 1.77. The largest absolute Gasteiger partial charge is 0.497 e. The molecule has 7 nitrogen and oxygen atoms in total. The Labute approximate surface area is 151 Å². The number of carboxylic acids is 1. The van der Waals surface area contributed by atoms with E-state index in [1.165, 1.54) is 12.1 Å². The maximum absolute atomic E-state index is 12.7. The van der Waals surface area contributed by atoms with E-state index in [9.17, 15) is 9.59 Å². The normalized spacial score (nSPS) is 16.1. The van der Waals surface area contributed by atoms with Gasteiger partial charge in [-0.25, -0.2) is 9.59 Å². The predicted molar refractivity (Wildman–Crippen MR) is 95.9 cm³/mol. The molecule has 0 bridgehead atoms. The van der Waals surface area contributed by atoms with E-state index in [2.05, 4.69) is 5.32 Å². The molecule has 136 valence electrons. The van der Waals surface area contributed by atoms with Gasteiger partial charge in [-0.05, 0) is 43.3 Å². The van der Waals surface area contributed by atoms with Crippen LogP contribution in [0.15, 0.2) is 42.5 Å². The van der Waals surface area contributed by atoms with Crippen molar-refractivity contribution in [2.75, 3.05) is 19.0 Å². The average molecular weight is 356 g/mol. The van der Waals surface area contributed by atoms with E-state index >= 15 is 0 Å². The molecule has 2 aromatic rings. The number of hydrogen-bond donors (Lipinski definition) is 2. The number of carbonyl (C=O) groups excluding carboxylic acids is 1. The highest BCUT2D eigenvalue weighted by Crippen LogP contribution is 2.27. The van der Waals surface area contributed by atoms with Crippen LogP contribution in [-0.2, 0) is 6.54 Å². The van der Waals surface area contributed by atoms with Crippen LogP contribution in [-0.4, -0.2) is 41.8 Å². The summed E-state index contributed by atoms with van der Waals surface area (Å²) in [5.74, 6) is 0.196. The van der Waals surface area contributed by atoms with Crippen LogP contribution >= 0.6 is 0 Å². The topological polar surface area (TPSA) is 88.1 Å². The summed E-state index contributed by atoms with van der Waals surface area (Å²) in [4.78, 5) is 25.5. The van der Waals surface area contributed by atoms with Crippen LogP contribution in [0, 0.1) is 0 Å². The van der Waals surface area contributed by atoms with Gasteiger partial charge in [0.25, 0.3) is 0 Å². The van der Waals surface area contributed by atoms with Gasteiger partial charge in [0.15, 0.2) is 0 Å². The summed E-state index contributed by atoms with van der Waals surface area (Å²) in [6, 6.07) is 11.3. The summed E-state index contributed by atoms with van der Waals surface area (Å²) >= 11 is 0. The molecule has 2 N–H and O–H groups in total. The molecule has 0 saturated carbocycles. The van der Waals surface area contributed by atoms with E-state index in [1.54, 1.807) is 42.3 Å².